The largest absolute Gasteiger partial charge is 0.755 e. The van der Waals surface area contributed by atoms with E-state index in [2.05, 4.69) is 218 Å². The summed E-state index contributed by atoms with van der Waals surface area (Å²) in [7, 11) is -3.95. The first-order valence-electron chi connectivity index (χ1n) is 39.6. The van der Waals surface area contributed by atoms with Gasteiger partial charge in [-0.15, -0.1) is 40.8 Å². The number of hydrogen-bond acceptors (Lipinski definition) is 29. The van der Waals surface area contributed by atoms with Crippen LogP contribution in [0.3, 0.4) is 0 Å². The van der Waals surface area contributed by atoms with Gasteiger partial charge in [-0.25, -0.2) is 13.6 Å². The van der Waals surface area contributed by atoms with Crippen LogP contribution in [0.1, 0.15) is 248 Å². The van der Waals surface area contributed by atoms with Crippen LogP contribution in [0.25, 0.3) is 0 Å². The number of halogens is 4. The number of Topliss-reactive ketones (excluding diaryl/α,β-unsaturated/α-hetero) is 1. The number of nitrogens with zero attached hydrogens (tertiary/aromatic N) is 10. The maximum absolute atomic E-state index is 14.5. The van der Waals surface area contributed by atoms with Crippen molar-refractivity contribution in [1.82, 2.24) is 61.2 Å². The fourth-order valence-electron chi connectivity index (χ4n) is 24.4. The van der Waals surface area contributed by atoms with E-state index >= 15 is 0 Å². The average molecular weight is 2190 g/mol. The molecule has 6 fully saturated rings. The number of nitrogens with two attached hydrogens (primary N) is 4. The Kier molecular flexibility index (Phi) is 30.2. The van der Waals surface area contributed by atoms with Gasteiger partial charge in [-0.05, 0) is 206 Å². The summed E-state index contributed by atoms with van der Waals surface area (Å²) in [5.41, 5.74) is 26.3. The Balaban J connectivity index is 0.000000177. The Hall–Kier alpha value is -4.06. The number of fused-ring (bicyclic) bond motifs is 16. The number of allylic oxidation sites excluding steroid dienone is 4. The smallest absolute Gasteiger partial charge is 0.218 e. The third-order valence-corrected chi connectivity index (χ3v) is 36.3. The quantitative estimate of drug-likeness (QED) is 0.0221. The molecule has 0 spiro atoms. The fourth-order valence-corrected chi connectivity index (χ4v) is 29.3. The van der Waals surface area contributed by atoms with Crippen molar-refractivity contribution in [3.8, 4) is 0 Å². The van der Waals surface area contributed by atoms with Gasteiger partial charge in [-0.1, -0.05) is 173 Å². The number of nitrogen functional groups attached to an aromatic ring is 3. The van der Waals surface area contributed by atoms with Gasteiger partial charge in [0.25, 0.3) is 10.0 Å². The molecule has 15 N–H and O–H groups in total. The maximum atomic E-state index is 14.5. The maximum Gasteiger partial charge on any atom is 0.218 e. The van der Waals surface area contributed by atoms with Crippen molar-refractivity contribution in [2.75, 3.05) is 42.0 Å². The van der Waals surface area contributed by atoms with Crippen molar-refractivity contribution in [3.05, 3.63) is 50.8 Å². The van der Waals surface area contributed by atoms with E-state index in [0.717, 1.165) is 135 Å². The standard InChI is InChI=1S/C34H50N6O3S2.C31H46ClN3O.2C4H6N4O3S2.C2H4N4O2S2.CH4.I3/c1-29(2)12-14-34(24(41)16-25-37-40-28(44-25)45(36,42)43)15-13-32(6)20(21(34)18-29)8-9-23-31(5)17-19-26(38-39-27(19)35)30(3,4)22(31)10-11-33(23,32)7;1-26(2)12-14-31(25(32)36)15-13-29(6)19(20(31)17-26)8-9-22-28(5)16-18-23(34-35-24(18)33)27(3,4)21(28)10-11-30(22,29)7;2*1-2(9)5-3-6-7-4(12-3)8-13(10)11;3-1-4-5-2(9-1)6-10(7)8;;1-3-2/h8,21-23H,9-18H2,1-7H3,(H3,35,38,39)(H2,36,42,43);8,20-22H,9-17H2,1-7H3,(H3,33,34,35);2*1H3,(H,7,8)(H,10,11)(H,5,6,9);(H2,3,4)(H,5,6)(H,7,8);1H4;/q;;;;;;-1/p-3/t21?,22?,23?,31-,32+,33+,34-;20?,21?,22?,28-,29+,30+,31-;;;;;/m00...../s1. The third-order valence-electron chi connectivity index (χ3n) is 30.1. The second-order valence-corrected chi connectivity index (χ2v) is 62.4. The van der Waals surface area contributed by atoms with Crippen molar-refractivity contribution in [2.45, 2.75) is 255 Å². The first-order chi connectivity index (χ1) is 55.7. The van der Waals surface area contributed by atoms with Crippen molar-refractivity contribution in [3.63, 3.8) is 0 Å². The summed E-state index contributed by atoms with van der Waals surface area (Å²) in [6.45, 7) is 37.1. The van der Waals surface area contributed by atoms with Gasteiger partial charge >= 0.3 is 50.5 Å². The van der Waals surface area contributed by atoms with E-state index < -0.39 is 49.2 Å². The molecule has 0 bridgehead atoms. The molecule has 674 valence electrons. The molecule has 6 aromatic heterocycles. The Morgan fingerprint density at radius 1 is 0.545 bits per heavy atom. The van der Waals surface area contributed by atoms with E-state index in [9.17, 15) is 53.9 Å². The van der Waals surface area contributed by atoms with Crippen LogP contribution >= 0.6 is 94.2 Å². The van der Waals surface area contributed by atoms with Crippen LogP contribution in [0.5, 0.6) is 0 Å². The Labute approximate surface area is 766 Å². The zero-order valence-corrected chi connectivity index (χ0v) is 83.8. The molecule has 0 radical (unpaired) electrons. The number of carbonyl (C=O) groups is 4. The number of rotatable bonds is 13. The first kappa shape index (κ1) is 99.1. The summed E-state index contributed by atoms with van der Waals surface area (Å²) < 4.78 is 90.0. The summed E-state index contributed by atoms with van der Waals surface area (Å²) >= 11 is 8.33. The number of primary sulfonamides is 1. The minimum absolute atomic E-state index is 0. The average Bonchev–Trinajstić information content (AvgIpc) is 1.08. The minimum Gasteiger partial charge on any atom is -0.755 e. The SMILES string of the molecule is C.CC(=O)Nc1nnc(NS(=O)[O-])s1.CC(=O)Nc1nnc(NS(=O)[O-])s1.CC1(C)CC[C@]2(C(=O)Cc3nnc(S(N)(=O)=O)s3)CC[C@]3(C)C(=CCC4[C@@]5(C)Cc6c(N)n[nH]c6C(C)(C)C5CC[C@]43C)C2C1.CC1(C)CC[C@]2(C(=O)Cl)CC[C@]3(C)C(=CCC4[C@@]5(C)Cc6c(N)n[nH]c6C(C)(C)C5CC[C@]43C)C2C1.I[I-]I.Nc1nnc(NS(=O)[O-])s1. The number of hydrogen-bond donors (Lipinski definition) is 11. The Bertz CT molecular complexity index is 5010. The summed E-state index contributed by atoms with van der Waals surface area (Å²) in [5.74, 6) is 3.60. The number of ketones is 1. The first-order valence-corrected chi connectivity index (χ1v) is 60.6. The predicted octanol–water partition coefficient (Wildman–Crippen LogP) is 11.8. The molecule has 10 aliphatic rings. The molecular weight excluding hydrogens is 2070 g/mol. The number of H-pyrrole nitrogens is 2. The van der Waals surface area contributed by atoms with E-state index in [0.29, 0.717) is 53.6 Å². The van der Waals surface area contributed by atoms with Gasteiger partial charge in [-0.3, -0.25) is 56.2 Å². The van der Waals surface area contributed by atoms with Crippen LogP contribution < -0.4 is 60.4 Å². The van der Waals surface area contributed by atoms with Crippen molar-refractivity contribution < 1.29 is 67.1 Å². The molecule has 2 amide bonds. The molecule has 0 saturated heterocycles. The number of nitrogens with one attached hydrogen (secondary N) is 7. The number of aromatic nitrogens is 12. The van der Waals surface area contributed by atoms with Gasteiger partial charge in [-0.2, -0.15) is 10.2 Å². The molecule has 10 aliphatic carbocycles. The molecule has 33 nitrogen and oxygen atoms in total. The molecule has 17 atom stereocenters. The number of anilines is 8. The molecule has 16 rings (SSSR count). The molecular formula is C76H113ClI3N21O12S8-4. The normalized spacial score (nSPS) is 32.5. The van der Waals surface area contributed by atoms with E-state index in [4.69, 9.17) is 33.9 Å². The third kappa shape index (κ3) is 19.2. The topological polar surface area (TPSA) is 548 Å². The molecule has 6 aromatic rings. The monoisotopic (exact) mass is 2180 g/mol. The zero-order chi connectivity index (χ0) is 88.6. The minimum atomic E-state index is -3.95. The van der Waals surface area contributed by atoms with Crippen LogP contribution in [0.4, 0.5) is 42.4 Å². The number of carbonyl (C=O) groups excluding carboxylic acids is 4. The van der Waals surface area contributed by atoms with E-state index in [-0.39, 0.29) is 143 Å². The molecule has 45 heteroatoms. The second-order valence-electron chi connectivity index (χ2n) is 38.0. The van der Waals surface area contributed by atoms with E-state index in [1.54, 1.807) is 5.57 Å². The molecule has 121 heavy (non-hydrogen) atoms. The Morgan fingerprint density at radius 3 is 1.29 bits per heavy atom. The van der Waals surface area contributed by atoms with Crippen molar-refractivity contribution >= 4 is 203 Å². The van der Waals surface area contributed by atoms with Crippen LogP contribution in [-0.2, 0) is 93.1 Å². The van der Waals surface area contributed by atoms with Gasteiger partial charge in [0, 0.05) is 86.4 Å². The summed E-state index contributed by atoms with van der Waals surface area (Å²) in [5, 5.41) is 55.7. The van der Waals surface area contributed by atoms with Crippen LogP contribution in [0, 0.1) is 89.7 Å². The molecule has 0 aliphatic heterocycles. The van der Waals surface area contributed by atoms with Crippen molar-refractivity contribution in [1.29, 1.82) is 0 Å². The van der Waals surface area contributed by atoms with E-state index in [1.807, 2.05) is 14.2 Å². The summed E-state index contributed by atoms with van der Waals surface area (Å²) in [4.78, 5) is 48.6. The number of amides is 2. The zero-order valence-electron chi connectivity index (χ0n) is 70.0. The van der Waals surface area contributed by atoms with Crippen molar-refractivity contribution in [2.24, 2.45) is 94.8 Å². The van der Waals surface area contributed by atoms with Gasteiger partial charge in [0.05, 0.1) is 11.8 Å². The van der Waals surface area contributed by atoms with E-state index in [1.165, 1.54) is 67.6 Å². The number of aromatic amines is 2. The molecule has 6 saturated carbocycles. The van der Waals surface area contributed by atoms with Gasteiger partial charge < -0.3 is 41.5 Å². The molecule has 0 aromatic carbocycles. The fraction of sp³-hybridized carbons (Fsp3) is 0.711. The van der Waals surface area contributed by atoms with Crippen LogP contribution in [0.15, 0.2) is 27.6 Å². The van der Waals surface area contributed by atoms with Gasteiger partial charge in [0.1, 0.15) is 22.4 Å². The predicted molar refractivity (Wildman–Crippen MR) is 488 cm³/mol. The van der Waals surface area contributed by atoms with Gasteiger partial charge in [0.15, 0.2) is 0 Å². The molecule has 6 heterocycles. The Morgan fingerprint density at radius 2 is 0.917 bits per heavy atom. The second kappa shape index (κ2) is 36.8. The summed E-state index contributed by atoms with van der Waals surface area (Å²) in [6, 6.07) is 0. The van der Waals surface area contributed by atoms with Crippen LogP contribution in [0.2, 0.25) is 0 Å². The van der Waals surface area contributed by atoms with Crippen LogP contribution in [-0.4, -0.2) is 119 Å². The van der Waals surface area contributed by atoms with Gasteiger partial charge in [0.2, 0.25) is 52.2 Å². The number of sulfonamides is 1. The molecule has 9 unspecified atom stereocenters. The summed E-state index contributed by atoms with van der Waals surface area (Å²) in [6.07, 6.45) is 24.0.